The van der Waals surface area contributed by atoms with Crippen molar-refractivity contribution >= 4 is 11.8 Å². The first-order valence-corrected chi connectivity index (χ1v) is 8.69. The summed E-state index contributed by atoms with van der Waals surface area (Å²) in [4.78, 5) is 25.7. The third-order valence-corrected chi connectivity index (χ3v) is 5.65. The van der Waals surface area contributed by atoms with E-state index in [1.165, 1.54) is 7.11 Å². The molecule has 4 rings (SSSR count). The summed E-state index contributed by atoms with van der Waals surface area (Å²) in [5.74, 6) is -0.658. The lowest BCUT2D eigenvalue weighted by Gasteiger charge is -2.27. The topological polar surface area (TPSA) is 68.1 Å². The number of benzene rings is 2. The molecule has 2 aromatic rings. The van der Waals surface area contributed by atoms with Gasteiger partial charge in [0.15, 0.2) is 11.3 Å². The molecule has 0 aromatic heterocycles. The molecule has 132 valence electrons. The van der Waals surface area contributed by atoms with Crippen LogP contribution in [0, 0.1) is 13.8 Å². The number of hydrogen-bond donors (Lipinski definition) is 0. The number of carbonyl (C=O) groups excluding carboxylic acids is 2. The number of ketones is 1. The summed E-state index contributed by atoms with van der Waals surface area (Å²) < 4.78 is 4.93. The molecule has 0 unspecified atom stereocenters. The number of ether oxygens (including phenoxy) is 1. The summed E-state index contributed by atoms with van der Waals surface area (Å²) in [7, 11) is 1.36. The first-order valence-electron chi connectivity index (χ1n) is 8.69. The van der Waals surface area contributed by atoms with E-state index >= 15 is 0 Å². The molecule has 2 aromatic carbocycles. The fraction of sp³-hybridized carbons (Fsp3) is 0.333. The zero-order chi connectivity index (χ0) is 18.5. The number of rotatable bonds is 2. The van der Waals surface area contributed by atoms with E-state index in [1.807, 2.05) is 38.1 Å². The minimum Gasteiger partial charge on any atom is -0.465 e. The number of nitrogens with zero attached hydrogens (tertiary/aromatic N) is 2. The Morgan fingerprint density at radius 3 is 2.62 bits per heavy atom. The van der Waals surface area contributed by atoms with Gasteiger partial charge in [0.2, 0.25) is 0 Å². The summed E-state index contributed by atoms with van der Waals surface area (Å²) in [6, 6.07) is 11.3. The Hall–Kier alpha value is -2.82. The van der Waals surface area contributed by atoms with Gasteiger partial charge in [-0.15, -0.1) is 0 Å². The molecule has 0 radical (unpaired) electrons. The number of carbonyl (C=O) groups is 2. The van der Waals surface area contributed by atoms with Gasteiger partial charge in [0.05, 0.1) is 19.2 Å². The maximum Gasteiger partial charge on any atom is 0.338 e. The van der Waals surface area contributed by atoms with E-state index in [0.29, 0.717) is 18.5 Å². The van der Waals surface area contributed by atoms with E-state index < -0.39 is 11.5 Å². The van der Waals surface area contributed by atoms with Gasteiger partial charge in [0, 0.05) is 17.9 Å². The van der Waals surface area contributed by atoms with Crippen LogP contribution in [0.5, 0.6) is 0 Å². The molecule has 0 saturated carbocycles. The van der Waals surface area contributed by atoms with Gasteiger partial charge < -0.3 is 4.74 Å². The van der Waals surface area contributed by atoms with Crippen molar-refractivity contribution in [2.24, 2.45) is 10.2 Å². The molecule has 1 aliphatic carbocycles. The van der Waals surface area contributed by atoms with Gasteiger partial charge in [0.25, 0.3) is 0 Å². The molecule has 2 atom stereocenters. The summed E-state index contributed by atoms with van der Waals surface area (Å²) in [6.45, 7) is 4.37. The zero-order valence-corrected chi connectivity index (χ0v) is 15.1. The number of azo groups is 1. The van der Waals surface area contributed by atoms with E-state index in [2.05, 4.69) is 10.2 Å². The Morgan fingerprint density at radius 1 is 1.15 bits per heavy atom. The quantitative estimate of drug-likeness (QED) is 0.775. The monoisotopic (exact) mass is 348 g/mol. The molecule has 0 fully saturated rings. The predicted octanol–water partition coefficient (Wildman–Crippen LogP) is 3.82. The minimum atomic E-state index is -0.955. The number of Topliss-reactive ketones (excluding diaryl/α,β-unsaturated/α-hetero) is 1. The van der Waals surface area contributed by atoms with Crippen molar-refractivity contribution in [1.82, 2.24) is 0 Å². The fourth-order valence-corrected chi connectivity index (χ4v) is 4.26. The van der Waals surface area contributed by atoms with Gasteiger partial charge in [-0.25, -0.2) is 4.79 Å². The first kappa shape index (κ1) is 16.6. The lowest BCUT2D eigenvalue weighted by molar-refractivity contribution is 0.0597. The van der Waals surface area contributed by atoms with E-state index in [1.54, 1.807) is 12.1 Å². The van der Waals surface area contributed by atoms with Crippen LogP contribution in [0.4, 0.5) is 0 Å². The summed E-state index contributed by atoms with van der Waals surface area (Å²) in [5.41, 5.74) is 4.18. The van der Waals surface area contributed by atoms with Gasteiger partial charge in [0.1, 0.15) is 0 Å². The highest BCUT2D eigenvalue weighted by molar-refractivity contribution is 6.10. The zero-order valence-electron chi connectivity index (χ0n) is 15.1. The molecule has 26 heavy (non-hydrogen) atoms. The van der Waals surface area contributed by atoms with Gasteiger partial charge >= 0.3 is 5.97 Å². The minimum absolute atomic E-state index is 0.0135. The molecule has 5 heteroatoms. The van der Waals surface area contributed by atoms with E-state index in [9.17, 15) is 9.59 Å². The molecule has 0 bridgehead atoms. The van der Waals surface area contributed by atoms with Crippen LogP contribution in [-0.2, 0) is 11.2 Å². The van der Waals surface area contributed by atoms with Crippen LogP contribution in [0.1, 0.15) is 48.9 Å². The largest absolute Gasteiger partial charge is 0.465 e. The predicted molar refractivity (Wildman–Crippen MR) is 96.9 cm³/mol. The molecular weight excluding hydrogens is 328 g/mol. The second-order valence-electron chi connectivity index (χ2n) is 7.04. The summed E-state index contributed by atoms with van der Waals surface area (Å²) in [5, 5.41) is 8.70. The Labute approximate surface area is 152 Å². The van der Waals surface area contributed by atoms with Crippen LogP contribution in [0.15, 0.2) is 46.6 Å². The summed E-state index contributed by atoms with van der Waals surface area (Å²) >= 11 is 0. The van der Waals surface area contributed by atoms with Crippen molar-refractivity contribution in [2.45, 2.75) is 31.7 Å². The summed E-state index contributed by atoms with van der Waals surface area (Å²) in [6.07, 6.45) is 0.526. The Balaban J connectivity index is 1.86. The second kappa shape index (κ2) is 5.87. The lowest BCUT2D eigenvalue weighted by atomic mass is 9.76. The fourth-order valence-electron chi connectivity index (χ4n) is 4.26. The molecule has 1 aliphatic heterocycles. The molecule has 1 spiro atoms. The maximum absolute atomic E-state index is 13.5. The second-order valence-corrected chi connectivity index (χ2v) is 7.04. The van der Waals surface area contributed by atoms with E-state index in [0.717, 1.165) is 27.8 Å². The van der Waals surface area contributed by atoms with Gasteiger partial charge in [-0.2, -0.15) is 10.2 Å². The van der Waals surface area contributed by atoms with E-state index in [-0.39, 0.29) is 11.7 Å². The van der Waals surface area contributed by atoms with E-state index in [4.69, 9.17) is 4.74 Å². The van der Waals surface area contributed by atoms with Gasteiger partial charge in [-0.05, 0) is 42.2 Å². The van der Waals surface area contributed by atoms with Crippen molar-refractivity contribution in [3.05, 3.63) is 69.8 Å². The third-order valence-electron chi connectivity index (χ3n) is 5.65. The van der Waals surface area contributed by atoms with Crippen LogP contribution in [0.25, 0.3) is 0 Å². The number of aryl methyl sites for hydroxylation is 2. The van der Waals surface area contributed by atoms with Crippen molar-refractivity contribution < 1.29 is 14.3 Å². The standard InChI is InChI=1S/C21H20N2O3/c1-12-8-9-13(2)18-16(12)10-21(19(18)24)17(11-22-23-21)14-6-4-5-7-15(14)20(25)26-3/h4-9,17H,10-11H2,1-3H3/t17-,21-/m1/s1. The highest BCUT2D eigenvalue weighted by Crippen LogP contribution is 2.48. The van der Waals surface area contributed by atoms with Crippen molar-refractivity contribution in [1.29, 1.82) is 0 Å². The third kappa shape index (κ3) is 2.16. The normalized spacial score (nSPS) is 23.5. The number of methoxy groups -OCH3 is 1. The van der Waals surface area contributed by atoms with Crippen LogP contribution in [0.2, 0.25) is 0 Å². The van der Waals surface area contributed by atoms with Crippen LogP contribution in [0.3, 0.4) is 0 Å². The van der Waals surface area contributed by atoms with Crippen LogP contribution < -0.4 is 0 Å². The number of esters is 1. The van der Waals surface area contributed by atoms with Gasteiger partial charge in [-0.3, -0.25) is 4.79 Å². The Bertz CT molecular complexity index is 964. The Kier molecular flexibility index (Phi) is 3.75. The molecule has 0 N–H and O–H groups in total. The maximum atomic E-state index is 13.5. The smallest absolute Gasteiger partial charge is 0.338 e. The number of fused-ring (bicyclic) bond motifs is 1. The van der Waals surface area contributed by atoms with Crippen molar-refractivity contribution in [3.63, 3.8) is 0 Å². The molecule has 0 saturated heterocycles. The highest BCUT2D eigenvalue weighted by Gasteiger charge is 2.55. The molecule has 1 heterocycles. The SMILES string of the molecule is COC(=O)c1ccccc1[C@H]1CN=N[C@]12Cc1c(C)ccc(C)c1C2=O. The van der Waals surface area contributed by atoms with Crippen molar-refractivity contribution in [3.8, 4) is 0 Å². The van der Waals surface area contributed by atoms with Crippen LogP contribution in [-0.4, -0.2) is 30.9 Å². The van der Waals surface area contributed by atoms with Crippen LogP contribution >= 0.6 is 0 Å². The lowest BCUT2D eigenvalue weighted by Crippen LogP contribution is -2.39. The highest BCUT2D eigenvalue weighted by atomic mass is 16.5. The average molecular weight is 348 g/mol. The van der Waals surface area contributed by atoms with Crippen molar-refractivity contribution in [2.75, 3.05) is 13.7 Å². The Morgan fingerprint density at radius 2 is 1.88 bits per heavy atom. The molecule has 2 aliphatic rings. The van der Waals surface area contributed by atoms with Gasteiger partial charge in [-0.1, -0.05) is 30.3 Å². The molecule has 5 nitrogen and oxygen atoms in total. The average Bonchev–Trinajstić information content (AvgIpc) is 3.21. The first-order chi connectivity index (χ1) is 12.5. The molecular formula is C21H20N2O3. The number of hydrogen-bond acceptors (Lipinski definition) is 5. The molecule has 0 amide bonds.